The standard InChI is InChI=1S/C8H7ClNO2/c1-12-8-6(9)3-2-4-7(8)10-5-11/h2-4H,1H3,(H,10,11). The molecule has 4 heteroatoms. The van der Waals surface area contributed by atoms with Crippen molar-refractivity contribution < 1.29 is 9.53 Å². The molecule has 1 rings (SSSR count). The van der Waals surface area contributed by atoms with E-state index in [-0.39, 0.29) is 0 Å². The monoisotopic (exact) mass is 184 g/mol. The maximum Gasteiger partial charge on any atom is 0.314 e. The molecule has 12 heavy (non-hydrogen) atoms. The van der Waals surface area contributed by atoms with Gasteiger partial charge in [0.2, 0.25) is 0 Å². The van der Waals surface area contributed by atoms with Crippen LogP contribution in [0.2, 0.25) is 5.02 Å². The molecule has 0 spiro atoms. The Morgan fingerprint density at radius 2 is 2.33 bits per heavy atom. The molecular formula is C8H7ClNO2. The summed E-state index contributed by atoms with van der Waals surface area (Å²) in [6.45, 7) is 0. The summed E-state index contributed by atoms with van der Waals surface area (Å²) in [7, 11) is 1.48. The van der Waals surface area contributed by atoms with Crippen LogP contribution in [-0.4, -0.2) is 13.5 Å². The maximum atomic E-state index is 10.0. The van der Waals surface area contributed by atoms with Crippen LogP contribution in [-0.2, 0) is 4.79 Å². The number of anilines is 1. The lowest BCUT2D eigenvalue weighted by Gasteiger charge is -2.07. The van der Waals surface area contributed by atoms with Crippen molar-refractivity contribution in [3.8, 4) is 5.75 Å². The van der Waals surface area contributed by atoms with Crippen LogP contribution in [0.3, 0.4) is 0 Å². The Bertz CT molecular complexity index is 288. The van der Waals surface area contributed by atoms with Crippen LogP contribution in [0, 0.1) is 0 Å². The van der Waals surface area contributed by atoms with Crippen molar-refractivity contribution in [1.29, 1.82) is 0 Å². The van der Waals surface area contributed by atoms with Crippen molar-refractivity contribution in [3.63, 3.8) is 0 Å². The molecule has 0 atom stereocenters. The second kappa shape index (κ2) is 3.97. The SMILES string of the molecule is COc1c(Cl)cccc1N[C]=O. The lowest BCUT2D eigenvalue weighted by molar-refractivity contribution is 0.417. The minimum absolute atomic E-state index is 0.447. The highest BCUT2D eigenvalue weighted by Crippen LogP contribution is 2.31. The predicted molar refractivity (Wildman–Crippen MR) is 47.3 cm³/mol. The second-order valence-corrected chi connectivity index (χ2v) is 2.45. The summed E-state index contributed by atoms with van der Waals surface area (Å²) in [5, 5.41) is 2.81. The van der Waals surface area contributed by atoms with Gasteiger partial charge in [0.05, 0.1) is 17.8 Å². The Hall–Kier alpha value is -1.22. The molecule has 1 aromatic carbocycles. The number of halogens is 1. The van der Waals surface area contributed by atoms with Crippen LogP contribution in [0.25, 0.3) is 0 Å². The number of nitrogens with one attached hydrogen (secondary N) is 1. The third-order valence-corrected chi connectivity index (χ3v) is 1.65. The Morgan fingerprint density at radius 1 is 1.58 bits per heavy atom. The Morgan fingerprint density at radius 3 is 2.92 bits per heavy atom. The van der Waals surface area contributed by atoms with E-state index >= 15 is 0 Å². The van der Waals surface area contributed by atoms with E-state index in [0.717, 1.165) is 0 Å². The third kappa shape index (κ3) is 1.68. The van der Waals surface area contributed by atoms with Crippen LogP contribution in [0.1, 0.15) is 0 Å². The topological polar surface area (TPSA) is 38.3 Å². The average Bonchev–Trinajstić information content (AvgIpc) is 2.05. The number of rotatable bonds is 3. The van der Waals surface area contributed by atoms with Gasteiger partial charge in [-0.15, -0.1) is 0 Å². The molecule has 0 saturated carbocycles. The zero-order valence-electron chi connectivity index (χ0n) is 6.43. The molecule has 1 radical (unpaired) electrons. The molecular weight excluding hydrogens is 178 g/mol. The van der Waals surface area contributed by atoms with Crippen molar-refractivity contribution in [2.75, 3.05) is 12.4 Å². The van der Waals surface area contributed by atoms with Gasteiger partial charge in [0, 0.05) is 0 Å². The molecule has 0 aromatic heterocycles. The molecule has 3 nitrogen and oxygen atoms in total. The first-order valence-electron chi connectivity index (χ1n) is 3.25. The summed E-state index contributed by atoms with van der Waals surface area (Å²) in [5.41, 5.74) is 0.514. The van der Waals surface area contributed by atoms with Gasteiger partial charge in [-0.05, 0) is 12.1 Å². The number of methoxy groups -OCH3 is 1. The second-order valence-electron chi connectivity index (χ2n) is 2.05. The zero-order valence-corrected chi connectivity index (χ0v) is 7.18. The van der Waals surface area contributed by atoms with Crippen molar-refractivity contribution in [3.05, 3.63) is 23.2 Å². The quantitative estimate of drug-likeness (QED) is 0.728. The molecule has 0 aliphatic carbocycles. The zero-order chi connectivity index (χ0) is 8.97. The summed E-state index contributed by atoms with van der Waals surface area (Å²) in [6, 6.07) is 5.07. The van der Waals surface area contributed by atoms with E-state index in [1.54, 1.807) is 24.6 Å². The van der Waals surface area contributed by atoms with Crippen LogP contribution < -0.4 is 10.1 Å². The molecule has 0 aliphatic heterocycles. The summed E-state index contributed by atoms with van der Waals surface area (Å²) >= 11 is 5.77. The molecule has 0 unspecified atom stereocenters. The van der Waals surface area contributed by atoms with Gasteiger partial charge >= 0.3 is 6.41 Å². The van der Waals surface area contributed by atoms with Crippen molar-refractivity contribution in [2.45, 2.75) is 0 Å². The number of hydrogen-bond acceptors (Lipinski definition) is 2. The van der Waals surface area contributed by atoms with E-state index in [9.17, 15) is 4.79 Å². The average molecular weight is 185 g/mol. The lowest BCUT2D eigenvalue weighted by Crippen LogP contribution is -1.97. The molecule has 1 amide bonds. The van der Waals surface area contributed by atoms with Crippen LogP contribution in [0.15, 0.2) is 18.2 Å². The summed E-state index contributed by atoms with van der Waals surface area (Å²) in [5.74, 6) is 0.447. The molecule has 0 saturated heterocycles. The Kier molecular flexibility index (Phi) is 2.94. The molecule has 0 aliphatic rings. The maximum absolute atomic E-state index is 10.0. The first kappa shape index (κ1) is 8.87. The molecule has 1 N–H and O–H groups in total. The van der Waals surface area contributed by atoms with Crippen molar-refractivity contribution in [1.82, 2.24) is 0 Å². The molecule has 1 aromatic rings. The number of hydrogen-bond donors (Lipinski definition) is 1. The molecule has 0 fully saturated rings. The number of amides is 1. The minimum Gasteiger partial charge on any atom is -0.493 e. The fourth-order valence-corrected chi connectivity index (χ4v) is 1.12. The summed E-state index contributed by atoms with van der Waals surface area (Å²) < 4.78 is 4.96. The van der Waals surface area contributed by atoms with E-state index in [0.29, 0.717) is 16.5 Å². The van der Waals surface area contributed by atoms with E-state index in [1.165, 1.54) is 7.11 Å². The highest BCUT2D eigenvalue weighted by atomic mass is 35.5. The van der Waals surface area contributed by atoms with Crippen LogP contribution in [0.5, 0.6) is 5.75 Å². The first-order chi connectivity index (χ1) is 5.79. The van der Waals surface area contributed by atoms with Gasteiger partial charge in [-0.1, -0.05) is 17.7 Å². The smallest absolute Gasteiger partial charge is 0.314 e. The highest BCUT2D eigenvalue weighted by molar-refractivity contribution is 6.32. The normalized spacial score (nSPS) is 9.17. The van der Waals surface area contributed by atoms with Gasteiger partial charge in [0.1, 0.15) is 0 Å². The Balaban J connectivity index is 3.08. The number of para-hydroxylation sites is 1. The van der Waals surface area contributed by atoms with E-state index in [1.807, 2.05) is 0 Å². The molecule has 0 heterocycles. The van der Waals surface area contributed by atoms with Crippen molar-refractivity contribution >= 4 is 23.7 Å². The fourth-order valence-electron chi connectivity index (χ4n) is 0.870. The summed E-state index contributed by atoms with van der Waals surface area (Å²) in [4.78, 5) is 10.0. The fraction of sp³-hybridized carbons (Fsp3) is 0.125. The Labute approximate surface area is 75.3 Å². The van der Waals surface area contributed by atoms with Crippen LogP contribution in [0.4, 0.5) is 5.69 Å². The van der Waals surface area contributed by atoms with E-state index in [4.69, 9.17) is 16.3 Å². The largest absolute Gasteiger partial charge is 0.493 e. The first-order valence-corrected chi connectivity index (χ1v) is 3.63. The molecule has 63 valence electrons. The van der Waals surface area contributed by atoms with Gasteiger partial charge in [0.25, 0.3) is 0 Å². The lowest BCUT2D eigenvalue weighted by atomic mass is 10.3. The van der Waals surface area contributed by atoms with Gasteiger partial charge in [-0.3, -0.25) is 4.79 Å². The minimum atomic E-state index is 0.447. The van der Waals surface area contributed by atoms with Gasteiger partial charge in [-0.2, -0.15) is 0 Å². The van der Waals surface area contributed by atoms with Gasteiger partial charge < -0.3 is 10.1 Å². The van der Waals surface area contributed by atoms with E-state index < -0.39 is 0 Å². The summed E-state index contributed by atoms with van der Waals surface area (Å²) in [6.07, 6.45) is 1.55. The number of benzene rings is 1. The highest BCUT2D eigenvalue weighted by Gasteiger charge is 2.05. The molecule has 0 bridgehead atoms. The van der Waals surface area contributed by atoms with Crippen LogP contribution >= 0.6 is 11.6 Å². The van der Waals surface area contributed by atoms with Crippen molar-refractivity contribution in [2.24, 2.45) is 0 Å². The number of carbonyl (C=O) groups excluding carboxylic acids is 1. The third-order valence-electron chi connectivity index (χ3n) is 1.36. The van der Waals surface area contributed by atoms with E-state index in [2.05, 4.69) is 5.32 Å². The predicted octanol–water partition coefficient (Wildman–Crippen LogP) is 1.83. The number of ether oxygens (including phenoxy) is 1. The van der Waals surface area contributed by atoms with Gasteiger partial charge in [0.15, 0.2) is 5.75 Å². The van der Waals surface area contributed by atoms with Gasteiger partial charge in [-0.25, -0.2) is 0 Å².